The number of benzene rings is 1. The lowest BCUT2D eigenvalue weighted by Crippen LogP contribution is -2.61. The molecule has 0 radical (unpaired) electrons. The van der Waals surface area contributed by atoms with Crippen LogP contribution in [0.2, 0.25) is 0 Å². The van der Waals surface area contributed by atoms with Crippen molar-refractivity contribution in [2.45, 2.75) is 123 Å². The van der Waals surface area contributed by atoms with Crippen LogP contribution < -0.4 is 10.7 Å². The van der Waals surface area contributed by atoms with Crippen LogP contribution in [-0.2, 0) is 52.8 Å². The van der Waals surface area contributed by atoms with Gasteiger partial charge in [0.1, 0.15) is 6.04 Å². The summed E-state index contributed by atoms with van der Waals surface area (Å²) in [5, 5.41) is 6.82. The second-order valence-electron chi connectivity index (χ2n) is 20.5. The van der Waals surface area contributed by atoms with Crippen molar-refractivity contribution in [1.29, 1.82) is 0 Å². The summed E-state index contributed by atoms with van der Waals surface area (Å²) in [7, 11) is 2.56. The van der Waals surface area contributed by atoms with Crippen molar-refractivity contribution < 1.29 is 46.6 Å². The van der Waals surface area contributed by atoms with Crippen LogP contribution in [0.5, 0.6) is 0 Å². The number of methoxy groups -OCH3 is 1. The maximum Gasteiger partial charge on any atom is 0.417 e. The first-order valence-corrected chi connectivity index (χ1v) is 25.9. The molecule has 0 bridgehead atoms. The molecule has 73 heavy (non-hydrogen) atoms. The molecule has 0 spiro atoms. The quantitative estimate of drug-likeness (QED) is 0.0867. The van der Waals surface area contributed by atoms with Gasteiger partial charge in [-0.3, -0.25) is 38.9 Å². The minimum atomic E-state index is -5.22. The minimum absolute atomic E-state index is 0.0967. The van der Waals surface area contributed by atoms with Crippen molar-refractivity contribution in [2.75, 3.05) is 60.0 Å². The van der Waals surface area contributed by atoms with E-state index in [1.54, 1.807) is 18.7 Å². The zero-order chi connectivity index (χ0) is 53.0. The molecule has 3 aromatic heterocycles. The summed E-state index contributed by atoms with van der Waals surface area (Å²) in [5.41, 5.74) is 7.83. The van der Waals surface area contributed by atoms with Crippen LogP contribution in [0.1, 0.15) is 96.5 Å². The second kappa shape index (κ2) is 22.7. The maximum atomic E-state index is 15.0. The Morgan fingerprint density at radius 3 is 2.44 bits per heavy atom. The molecular formula is C53H68F3N9O7S. The number of thiazole rings is 1. The normalized spacial score (nSPS) is 17.8. The number of likely N-dealkylation sites (N-methyl/N-ethyl adjacent to an activating group) is 1. The van der Waals surface area contributed by atoms with Gasteiger partial charge in [0, 0.05) is 112 Å². The smallest absolute Gasteiger partial charge is 0.417 e. The Kier molecular flexibility index (Phi) is 17.1. The molecule has 1 unspecified atom stereocenters. The van der Waals surface area contributed by atoms with Gasteiger partial charge in [0.25, 0.3) is 17.7 Å². The molecule has 0 aliphatic carbocycles. The number of hydrogen-bond acceptors (Lipinski definition) is 12. The van der Waals surface area contributed by atoms with Crippen LogP contribution in [0.25, 0.3) is 33.4 Å². The third-order valence-electron chi connectivity index (χ3n) is 14.1. The Hall–Kier alpha value is -5.88. The van der Waals surface area contributed by atoms with Gasteiger partial charge in [0.05, 0.1) is 46.3 Å². The topological polar surface area (TPSA) is 172 Å². The molecule has 16 nitrogen and oxygen atoms in total. The standard InChI is InChI=1S/C53H68F3N9O7S/c1-10-64-42-17-16-35(27-38(42)39(29-51(4,5)32-72-34(3)66)46(64)37-15-13-21-57-45(37)33(2)71-9)41-31-73-43(59-41)28-40(50(70)65-25-12-11-22-58-65)60-48(68)47(53(54,55)56)61(8)49(69)36-19-26-62(30-36)44(67)18-20-52(6,7)63-23-14-24-63/h13,15-17,21,27,31,33,36,40,47,58H,10-12,14,19,22-26,28-30,32H2,1-9H3,(H,60,68)/t33-,36?,40-,47+/m0/s1. The van der Waals surface area contributed by atoms with Crippen LogP contribution in [0.15, 0.2) is 41.9 Å². The van der Waals surface area contributed by atoms with Crippen molar-refractivity contribution in [3.63, 3.8) is 0 Å². The summed E-state index contributed by atoms with van der Waals surface area (Å²) < 4.78 is 58.6. The number of aromatic nitrogens is 3. The van der Waals surface area contributed by atoms with E-state index in [9.17, 15) is 24.0 Å². The van der Waals surface area contributed by atoms with Gasteiger partial charge in [-0.05, 0) is 95.5 Å². The largest absolute Gasteiger partial charge is 0.465 e. The number of nitrogens with one attached hydrogen (secondary N) is 2. The Morgan fingerprint density at radius 1 is 1.04 bits per heavy atom. The maximum absolute atomic E-state index is 15.0. The van der Waals surface area contributed by atoms with E-state index in [2.05, 4.69) is 39.0 Å². The Balaban J connectivity index is 1.16. The van der Waals surface area contributed by atoms with E-state index in [-0.39, 0.29) is 51.2 Å². The number of esters is 1. The number of aryl methyl sites for hydroxylation is 1. The van der Waals surface area contributed by atoms with Crippen LogP contribution in [0, 0.1) is 23.2 Å². The van der Waals surface area contributed by atoms with Crippen molar-refractivity contribution >= 4 is 51.8 Å². The second-order valence-corrected chi connectivity index (χ2v) is 21.5. The van der Waals surface area contributed by atoms with Gasteiger partial charge < -0.3 is 29.2 Å². The van der Waals surface area contributed by atoms with Gasteiger partial charge in [0.2, 0.25) is 11.9 Å². The van der Waals surface area contributed by atoms with Crippen LogP contribution in [-0.4, -0.2) is 148 Å². The predicted molar refractivity (Wildman–Crippen MR) is 271 cm³/mol. The number of alkyl halides is 3. The molecule has 1 aromatic carbocycles. The van der Waals surface area contributed by atoms with E-state index >= 15 is 13.2 Å². The van der Waals surface area contributed by atoms with Crippen molar-refractivity contribution in [3.8, 4) is 34.4 Å². The number of halogens is 3. The monoisotopic (exact) mass is 1030 g/mol. The molecule has 4 aromatic rings. The average molecular weight is 1030 g/mol. The molecule has 3 saturated heterocycles. The highest BCUT2D eigenvalue weighted by atomic mass is 32.1. The molecule has 7 rings (SSSR count). The molecule has 4 atom stereocenters. The first-order valence-electron chi connectivity index (χ1n) is 25.0. The fourth-order valence-corrected chi connectivity index (χ4v) is 10.7. The van der Waals surface area contributed by atoms with Crippen molar-refractivity contribution in [3.05, 3.63) is 58.2 Å². The molecule has 3 aliphatic rings. The highest BCUT2D eigenvalue weighted by Crippen LogP contribution is 2.42. The number of ether oxygens (including phenoxy) is 2. The summed E-state index contributed by atoms with van der Waals surface area (Å²) in [5.74, 6) is 0.608. The van der Waals surface area contributed by atoms with Gasteiger partial charge in [-0.2, -0.15) is 13.2 Å². The highest BCUT2D eigenvalue weighted by Gasteiger charge is 2.51. The van der Waals surface area contributed by atoms with E-state index < -0.39 is 58.8 Å². The fourth-order valence-electron chi connectivity index (χ4n) is 9.85. The lowest BCUT2D eigenvalue weighted by Gasteiger charge is -2.41. The lowest BCUT2D eigenvalue weighted by molar-refractivity contribution is -0.193. The number of hydrazine groups is 1. The van der Waals surface area contributed by atoms with Gasteiger partial charge in [-0.15, -0.1) is 11.3 Å². The Labute approximate surface area is 429 Å². The van der Waals surface area contributed by atoms with E-state index in [1.165, 1.54) is 28.2 Å². The van der Waals surface area contributed by atoms with Crippen molar-refractivity contribution in [2.24, 2.45) is 11.3 Å². The molecule has 3 aliphatic heterocycles. The number of pyridine rings is 1. The fraction of sp³-hybridized carbons (Fsp3) is 0.566. The first-order chi connectivity index (χ1) is 34.5. The van der Waals surface area contributed by atoms with E-state index in [4.69, 9.17) is 19.4 Å². The van der Waals surface area contributed by atoms with Crippen LogP contribution >= 0.6 is 11.3 Å². The van der Waals surface area contributed by atoms with E-state index in [0.717, 1.165) is 72.0 Å². The Bertz CT molecular complexity index is 2750. The number of rotatable bonds is 17. The third kappa shape index (κ3) is 12.6. The van der Waals surface area contributed by atoms with Gasteiger partial charge in [-0.1, -0.05) is 25.8 Å². The van der Waals surface area contributed by atoms with E-state index in [1.807, 2.05) is 65.0 Å². The van der Waals surface area contributed by atoms with Crippen LogP contribution in [0.4, 0.5) is 13.2 Å². The predicted octanol–water partition coefficient (Wildman–Crippen LogP) is 6.57. The molecule has 3 fully saturated rings. The number of fused-ring (bicyclic) bond motifs is 1. The molecule has 394 valence electrons. The van der Waals surface area contributed by atoms with Crippen molar-refractivity contribution in [1.82, 2.24) is 45.0 Å². The number of likely N-dealkylation sites (tertiary alicyclic amines) is 2. The summed E-state index contributed by atoms with van der Waals surface area (Å²) >= 11 is 1.20. The average Bonchev–Trinajstić information content (AvgIpc) is 4.09. The molecule has 6 heterocycles. The zero-order valence-corrected chi connectivity index (χ0v) is 44.1. The highest BCUT2D eigenvalue weighted by molar-refractivity contribution is 7.10. The molecule has 0 saturated carbocycles. The summed E-state index contributed by atoms with van der Waals surface area (Å²) in [4.78, 5) is 80.5. The first kappa shape index (κ1) is 54.9. The zero-order valence-electron chi connectivity index (χ0n) is 43.3. The van der Waals surface area contributed by atoms with Crippen LogP contribution in [0.3, 0.4) is 0 Å². The number of nitrogens with zero attached hydrogens (tertiary/aromatic N) is 7. The molecule has 4 amide bonds. The summed E-state index contributed by atoms with van der Waals surface area (Å²) in [6.45, 7) is 16.5. The van der Waals surface area contributed by atoms with Gasteiger partial charge >= 0.3 is 12.1 Å². The number of hydrogen-bond donors (Lipinski definition) is 2. The number of amides is 4. The molecule has 2 N–H and O–H groups in total. The molecule has 20 heteroatoms. The van der Waals surface area contributed by atoms with E-state index in [0.29, 0.717) is 41.5 Å². The lowest BCUT2D eigenvalue weighted by atomic mass is 9.84. The van der Waals surface area contributed by atoms with Gasteiger partial charge in [0.15, 0.2) is 0 Å². The Morgan fingerprint density at radius 2 is 1.79 bits per heavy atom. The summed E-state index contributed by atoms with van der Waals surface area (Å²) in [6, 6.07) is 5.50. The van der Waals surface area contributed by atoms with Gasteiger partial charge in [-0.25, -0.2) is 10.4 Å². The number of carbonyl (C=O) groups is 5. The third-order valence-corrected chi connectivity index (χ3v) is 15.0. The molecular weight excluding hydrogens is 964 g/mol. The minimum Gasteiger partial charge on any atom is -0.465 e. The SMILES string of the molecule is CCn1c(-c2cccnc2[C@H](C)OC)c(CC(C)(C)COC(C)=O)c2cc(-c3csc(C[C@H](NC(=O)[C@@H](N(C)C(=O)C4CCN(C(=O)C#CC(C)(C)N5CCC5)C4)C(F)(F)F)C(=O)N4CCCCN4)n3)ccc21. The summed E-state index contributed by atoms with van der Waals surface area (Å²) in [6.07, 6.45) is -0.957. The number of carbonyl (C=O) groups excluding carboxylic acids is 5.